The Morgan fingerprint density at radius 2 is 1.56 bits per heavy atom. The van der Waals surface area contributed by atoms with Gasteiger partial charge in [-0.25, -0.2) is 4.79 Å². The summed E-state index contributed by atoms with van der Waals surface area (Å²) in [4.78, 5) is 17.0. The molecule has 0 spiro atoms. The number of methoxy groups -OCH3 is 1. The predicted molar refractivity (Wildman–Crippen MR) is 105 cm³/mol. The van der Waals surface area contributed by atoms with Crippen LogP contribution in [-0.2, 0) is 15.0 Å². The number of nitrogens with two attached hydrogens (primary N) is 1. The molecule has 144 valence electrons. The van der Waals surface area contributed by atoms with Gasteiger partial charge in [0.15, 0.2) is 11.9 Å². The summed E-state index contributed by atoms with van der Waals surface area (Å²) >= 11 is 0. The molecular weight excluding hydrogens is 344 g/mol. The summed E-state index contributed by atoms with van der Waals surface area (Å²) in [5.74, 6) is 0.738. The Labute approximate surface area is 159 Å². The summed E-state index contributed by atoms with van der Waals surface area (Å²) in [7, 11) is 1.58. The van der Waals surface area contributed by atoms with Gasteiger partial charge in [-0.1, -0.05) is 38.1 Å². The molecule has 0 aliphatic heterocycles. The predicted octanol–water partition coefficient (Wildman–Crippen LogP) is 3.62. The zero-order chi connectivity index (χ0) is 20.0. The first-order valence-corrected chi connectivity index (χ1v) is 8.66. The van der Waals surface area contributed by atoms with Crippen LogP contribution in [0.4, 0.5) is 0 Å². The molecule has 1 atom stereocenters. The Balaban J connectivity index is 1.94. The van der Waals surface area contributed by atoms with Crippen molar-refractivity contribution in [2.45, 2.75) is 39.2 Å². The zero-order valence-corrected chi connectivity index (χ0v) is 16.4. The molecule has 0 aliphatic carbocycles. The number of benzene rings is 2. The van der Waals surface area contributed by atoms with Gasteiger partial charge in [0, 0.05) is 5.56 Å². The van der Waals surface area contributed by atoms with Gasteiger partial charge in [0.25, 0.3) is 0 Å². The maximum absolute atomic E-state index is 12.1. The molecule has 2 aromatic rings. The average Bonchev–Trinajstić information content (AvgIpc) is 2.65. The highest BCUT2D eigenvalue weighted by Crippen LogP contribution is 2.24. The third-order valence-electron chi connectivity index (χ3n) is 3.98. The highest BCUT2D eigenvalue weighted by molar-refractivity contribution is 5.97. The first kappa shape index (κ1) is 20.3. The minimum Gasteiger partial charge on any atom is -0.497 e. The minimum absolute atomic E-state index is 0.0524. The second kappa shape index (κ2) is 8.58. The Kier molecular flexibility index (Phi) is 6.45. The van der Waals surface area contributed by atoms with Crippen molar-refractivity contribution < 1.29 is 19.1 Å². The summed E-state index contributed by atoms with van der Waals surface area (Å²) in [5.41, 5.74) is 7.69. The van der Waals surface area contributed by atoms with Crippen LogP contribution in [-0.4, -0.2) is 25.0 Å². The number of rotatable bonds is 6. The fraction of sp³-hybridized carbons (Fsp3) is 0.333. The molecule has 0 amide bonds. The lowest BCUT2D eigenvalue weighted by atomic mass is 9.87. The van der Waals surface area contributed by atoms with Gasteiger partial charge in [0.05, 0.1) is 7.11 Å². The first-order valence-electron chi connectivity index (χ1n) is 8.66. The third kappa shape index (κ3) is 5.74. The van der Waals surface area contributed by atoms with Crippen molar-refractivity contribution in [2.75, 3.05) is 7.11 Å². The SMILES string of the molecule is COc1ccc(/C(N)=N/OC(=O)C(C)Oc2ccc(C(C)(C)C)cc2)cc1. The average molecular weight is 370 g/mol. The van der Waals surface area contributed by atoms with E-state index in [-0.39, 0.29) is 11.3 Å². The summed E-state index contributed by atoms with van der Waals surface area (Å²) in [6.45, 7) is 8.00. The number of amidine groups is 1. The molecule has 6 nitrogen and oxygen atoms in total. The maximum atomic E-state index is 12.1. The van der Waals surface area contributed by atoms with Gasteiger partial charge >= 0.3 is 5.97 Å². The second-order valence-electron chi connectivity index (χ2n) is 7.15. The Morgan fingerprint density at radius 1 is 1.00 bits per heavy atom. The highest BCUT2D eigenvalue weighted by atomic mass is 16.7. The van der Waals surface area contributed by atoms with Gasteiger partial charge in [-0.15, -0.1) is 0 Å². The smallest absolute Gasteiger partial charge is 0.374 e. The fourth-order valence-corrected chi connectivity index (χ4v) is 2.27. The van der Waals surface area contributed by atoms with Gasteiger partial charge in [-0.3, -0.25) is 0 Å². The van der Waals surface area contributed by atoms with Crippen LogP contribution < -0.4 is 15.2 Å². The van der Waals surface area contributed by atoms with Crippen molar-refractivity contribution in [3.63, 3.8) is 0 Å². The largest absolute Gasteiger partial charge is 0.497 e. The maximum Gasteiger partial charge on any atom is 0.374 e. The number of hydrogen-bond donors (Lipinski definition) is 1. The summed E-state index contributed by atoms with van der Waals surface area (Å²) in [6.07, 6.45) is -0.821. The molecule has 0 aromatic heterocycles. The fourth-order valence-electron chi connectivity index (χ4n) is 2.27. The topological polar surface area (TPSA) is 83.1 Å². The molecule has 0 bridgehead atoms. The van der Waals surface area contributed by atoms with Gasteiger partial charge in [-0.2, -0.15) is 0 Å². The molecule has 2 N–H and O–H groups in total. The van der Waals surface area contributed by atoms with Crippen LogP contribution in [0.15, 0.2) is 53.7 Å². The highest BCUT2D eigenvalue weighted by Gasteiger charge is 2.18. The summed E-state index contributed by atoms with van der Waals surface area (Å²) < 4.78 is 10.7. The van der Waals surface area contributed by atoms with E-state index < -0.39 is 12.1 Å². The number of carbonyl (C=O) groups is 1. The minimum atomic E-state index is -0.821. The number of ether oxygens (including phenoxy) is 2. The van der Waals surface area contributed by atoms with Crippen LogP contribution >= 0.6 is 0 Å². The first-order chi connectivity index (χ1) is 12.7. The molecule has 0 fully saturated rings. The molecule has 2 aromatic carbocycles. The summed E-state index contributed by atoms with van der Waals surface area (Å²) in [5, 5.41) is 3.68. The molecule has 1 unspecified atom stereocenters. The van der Waals surface area contributed by atoms with E-state index in [4.69, 9.17) is 20.0 Å². The van der Waals surface area contributed by atoms with Gasteiger partial charge in [0.2, 0.25) is 0 Å². The third-order valence-corrected chi connectivity index (χ3v) is 3.98. The standard InChI is InChI=1S/C21H26N2O4/c1-14(26-18-12-8-16(9-13-18)21(2,3)4)20(24)27-23-19(22)15-6-10-17(25-5)11-7-15/h6-14H,1-5H3,(H2,22,23). The Hall–Kier alpha value is -3.02. The molecule has 2 rings (SSSR count). The van der Waals surface area contributed by atoms with E-state index in [0.29, 0.717) is 17.1 Å². The van der Waals surface area contributed by atoms with Crippen molar-refractivity contribution in [3.8, 4) is 11.5 Å². The normalized spacial score (nSPS) is 13.0. The van der Waals surface area contributed by atoms with E-state index in [1.54, 1.807) is 38.3 Å². The molecule has 27 heavy (non-hydrogen) atoms. The van der Waals surface area contributed by atoms with E-state index in [2.05, 4.69) is 25.9 Å². The lowest BCUT2D eigenvalue weighted by Crippen LogP contribution is -2.26. The number of oxime groups is 1. The van der Waals surface area contributed by atoms with Crippen LogP contribution in [0.5, 0.6) is 11.5 Å². The van der Waals surface area contributed by atoms with Crippen molar-refractivity contribution >= 4 is 11.8 Å². The molecule has 0 saturated carbocycles. The number of nitrogens with zero attached hydrogens (tertiary/aromatic N) is 1. The van der Waals surface area contributed by atoms with Crippen LogP contribution in [0.1, 0.15) is 38.8 Å². The van der Waals surface area contributed by atoms with Crippen LogP contribution in [0.3, 0.4) is 0 Å². The molecule has 0 aliphatic rings. The zero-order valence-electron chi connectivity index (χ0n) is 16.4. The molecule has 0 saturated heterocycles. The van der Waals surface area contributed by atoms with E-state index in [1.165, 1.54) is 5.56 Å². The monoisotopic (exact) mass is 370 g/mol. The molecule has 0 heterocycles. The number of carbonyl (C=O) groups excluding carboxylic acids is 1. The van der Waals surface area contributed by atoms with Crippen LogP contribution in [0, 0.1) is 0 Å². The number of hydrogen-bond acceptors (Lipinski definition) is 5. The summed E-state index contributed by atoms with van der Waals surface area (Å²) in [6, 6.07) is 14.6. The van der Waals surface area contributed by atoms with Crippen LogP contribution in [0.25, 0.3) is 0 Å². The second-order valence-corrected chi connectivity index (χ2v) is 7.15. The Morgan fingerprint density at radius 3 is 2.07 bits per heavy atom. The van der Waals surface area contributed by atoms with E-state index >= 15 is 0 Å². The molecule has 0 radical (unpaired) electrons. The Bertz CT molecular complexity index is 790. The molecule has 6 heteroatoms. The van der Waals surface area contributed by atoms with E-state index in [1.807, 2.05) is 24.3 Å². The van der Waals surface area contributed by atoms with Crippen molar-refractivity contribution in [3.05, 3.63) is 59.7 Å². The van der Waals surface area contributed by atoms with Crippen molar-refractivity contribution in [1.82, 2.24) is 0 Å². The van der Waals surface area contributed by atoms with Crippen molar-refractivity contribution in [1.29, 1.82) is 0 Å². The lowest BCUT2D eigenvalue weighted by Gasteiger charge is -2.19. The lowest BCUT2D eigenvalue weighted by molar-refractivity contribution is -0.151. The van der Waals surface area contributed by atoms with E-state index in [9.17, 15) is 4.79 Å². The van der Waals surface area contributed by atoms with E-state index in [0.717, 1.165) is 0 Å². The van der Waals surface area contributed by atoms with Gasteiger partial charge < -0.3 is 20.0 Å². The van der Waals surface area contributed by atoms with Gasteiger partial charge in [-0.05, 0) is 54.3 Å². The van der Waals surface area contributed by atoms with Gasteiger partial charge in [0.1, 0.15) is 11.5 Å². The van der Waals surface area contributed by atoms with Crippen molar-refractivity contribution in [2.24, 2.45) is 10.9 Å². The quantitative estimate of drug-likeness (QED) is 0.363. The van der Waals surface area contributed by atoms with Crippen LogP contribution in [0.2, 0.25) is 0 Å². The molecular formula is C21H26N2O4.